The number of halogens is 3. The van der Waals surface area contributed by atoms with E-state index in [-0.39, 0.29) is 36.4 Å². The number of pyridine rings is 3. The first-order valence-electron chi connectivity index (χ1n) is 38.0. The Morgan fingerprint density at radius 2 is 0.672 bits per heavy atom. The number of aliphatic carboxylic acids is 1. The number of carbonyl (C=O) groups is 6. The number of para-hydroxylation sites is 2. The summed E-state index contributed by atoms with van der Waals surface area (Å²) in [5, 5.41) is 23.5. The molecule has 0 saturated carbocycles. The van der Waals surface area contributed by atoms with Crippen LogP contribution in [-0.4, -0.2) is 105 Å². The molecule has 18 nitrogen and oxygen atoms in total. The zero-order valence-electron chi connectivity index (χ0n) is 68.4. The number of aromatic nitrogens is 3. The number of esters is 2. The van der Waals surface area contributed by atoms with Crippen LogP contribution in [0.2, 0.25) is 15.1 Å². The van der Waals surface area contributed by atoms with E-state index < -0.39 is 59.0 Å². The van der Waals surface area contributed by atoms with E-state index in [1.165, 1.54) is 11.6 Å². The van der Waals surface area contributed by atoms with Gasteiger partial charge in [0.25, 0.3) is 11.8 Å². The van der Waals surface area contributed by atoms with E-state index in [1.807, 2.05) is 210 Å². The normalized spacial score (nSPS) is 12.2. The Kier molecular flexibility index (Phi) is 29.8. The lowest BCUT2D eigenvalue weighted by atomic mass is 9.88. The summed E-state index contributed by atoms with van der Waals surface area (Å²) in [5.41, 5.74) is 12.0. The quantitative estimate of drug-likeness (QED) is 0.0675. The van der Waals surface area contributed by atoms with Crippen molar-refractivity contribution >= 4 is 115 Å². The first-order chi connectivity index (χ1) is 54.9. The van der Waals surface area contributed by atoms with Crippen molar-refractivity contribution in [2.24, 2.45) is 0 Å². The molecule has 3 atom stereocenters. The second-order valence-corrected chi connectivity index (χ2v) is 31.8. The molecular formula is C95H98Cl3N5O13. The predicted molar refractivity (Wildman–Crippen MR) is 464 cm³/mol. The highest BCUT2D eigenvalue weighted by molar-refractivity contribution is 6.31. The number of aromatic carboxylic acids is 1. The maximum atomic E-state index is 13.3. The SMILES string of the molecule is CCOC(=O)[C@@H](OC(C)(C)C)c1c(C)cc2nc(C(=O)N(C)c3ccccc3)ccc2c1-c1ccc(Cl)cc1.CCOC(=O)[C@@H](OC(C)(C)C)c1c(C)cc2nc(C(=O)O)ccc2c1-c1ccc(Cl)cc1.CCc1ccccc1.Cc1cc2nc(C(=O)N(C)c3ccccc3)ccc2c(-c2ccc(Cl)cc2)c1[C@H](OC(C)(C)C)C(=O)O. The summed E-state index contributed by atoms with van der Waals surface area (Å²) in [4.78, 5) is 93.7. The van der Waals surface area contributed by atoms with E-state index in [4.69, 9.17) is 68.5 Å². The van der Waals surface area contributed by atoms with E-state index in [9.17, 15) is 39.0 Å². The molecule has 3 heterocycles. The Bertz CT molecular complexity index is 5500. The van der Waals surface area contributed by atoms with E-state index in [1.54, 1.807) is 98.4 Å². The van der Waals surface area contributed by atoms with Crippen molar-refractivity contribution in [2.45, 2.75) is 145 Å². The summed E-state index contributed by atoms with van der Waals surface area (Å²) in [7, 11) is 3.43. The second kappa shape index (κ2) is 38.9. The van der Waals surface area contributed by atoms with E-state index in [2.05, 4.69) is 36.2 Å². The Balaban J connectivity index is 0.000000190. The molecule has 12 rings (SSSR count). The van der Waals surface area contributed by atoms with Gasteiger partial charge in [-0.15, -0.1) is 0 Å². The molecule has 602 valence electrons. The Morgan fingerprint density at radius 1 is 0.388 bits per heavy atom. The van der Waals surface area contributed by atoms with Crippen LogP contribution in [0.15, 0.2) is 218 Å². The Labute approximate surface area is 693 Å². The van der Waals surface area contributed by atoms with Gasteiger partial charge in [-0.25, -0.2) is 34.1 Å². The van der Waals surface area contributed by atoms with Crippen LogP contribution in [0.3, 0.4) is 0 Å². The first kappa shape index (κ1) is 88.7. The Morgan fingerprint density at radius 3 is 0.948 bits per heavy atom. The van der Waals surface area contributed by atoms with Gasteiger partial charge in [0, 0.05) is 73.4 Å². The molecule has 21 heteroatoms. The predicted octanol–water partition coefficient (Wildman–Crippen LogP) is 22.9. The molecule has 0 radical (unpaired) electrons. The van der Waals surface area contributed by atoms with Crippen LogP contribution in [0.1, 0.15) is 172 Å². The molecule has 0 fully saturated rings. The summed E-state index contributed by atoms with van der Waals surface area (Å²) < 4.78 is 29.4. The average molecular weight is 1620 g/mol. The van der Waals surface area contributed by atoms with Gasteiger partial charge < -0.3 is 43.7 Å². The molecule has 2 amide bonds. The van der Waals surface area contributed by atoms with Crippen LogP contribution in [-0.2, 0) is 44.5 Å². The summed E-state index contributed by atoms with van der Waals surface area (Å²) in [5.74, 6) is -3.62. The maximum absolute atomic E-state index is 13.3. The minimum atomic E-state index is -1.21. The fourth-order valence-electron chi connectivity index (χ4n) is 13.2. The van der Waals surface area contributed by atoms with Gasteiger partial charge in [-0.3, -0.25) is 9.59 Å². The molecule has 0 spiro atoms. The number of carbonyl (C=O) groups excluding carboxylic acids is 4. The van der Waals surface area contributed by atoms with E-state index in [0.717, 1.165) is 62.1 Å². The number of hydrogen-bond donors (Lipinski definition) is 2. The minimum Gasteiger partial charge on any atom is -0.479 e. The van der Waals surface area contributed by atoms with Crippen molar-refractivity contribution in [2.75, 3.05) is 37.1 Å². The van der Waals surface area contributed by atoms with Crippen molar-refractivity contribution < 1.29 is 62.7 Å². The number of rotatable bonds is 20. The molecule has 0 aliphatic carbocycles. The number of carboxylic acid groups (broad SMARTS) is 2. The Hall–Kier alpha value is -11.2. The fraction of sp³-hybridized carbons (Fsp3) is 0.274. The fourth-order valence-corrected chi connectivity index (χ4v) is 13.6. The molecule has 3 aromatic heterocycles. The summed E-state index contributed by atoms with van der Waals surface area (Å²) in [6, 6.07) is 66.8. The van der Waals surface area contributed by atoms with Gasteiger partial charge >= 0.3 is 23.9 Å². The number of benzene rings is 9. The van der Waals surface area contributed by atoms with Crippen LogP contribution in [0.4, 0.5) is 11.4 Å². The molecule has 0 saturated heterocycles. The largest absolute Gasteiger partial charge is 0.479 e. The smallest absolute Gasteiger partial charge is 0.354 e. The lowest BCUT2D eigenvalue weighted by Gasteiger charge is -2.29. The third-order valence-corrected chi connectivity index (χ3v) is 19.1. The molecule has 0 aliphatic heterocycles. The van der Waals surface area contributed by atoms with Crippen LogP contribution in [0.25, 0.3) is 66.1 Å². The molecular weight excluding hydrogens is 1530 g/mol. The number of anilines is 2. The maximum Gasteiger partial charge on any atom is 0.354 e. The van der Waals surface area contributed by atoms with E-state index >= 15 is 0 Å². The van der Waals surface area contributed by atoms with Gasteiger partial charge in [-0.2, -0.15) is 0 Å². The number of carboxylic acids is 2. The minimum absolute atomic E-state index is 0.0559. The van der Waals surface area contributed by atoms with Crippen LogP contribution >= 0.6 is 34.8 Å². The van der Waals surface area contributed by atoms with Gasteiger partial charge in [0.05, 0.1) is 46.6 Å². The molecule has 0 unspecified atom stereocenters. The van der Waals surface area contributed by atoms with Crippen molar-refractivity contribution in [3.05, 3.63) is 289 Å². The first-order valence-corrected chi connectivity index (χ1v) is 39.2. The number of fused-ring (bicyclic) bond motifs is 3. The summed E-state index contributed by atoms with van der Waals surface area (Å²) in [6.45, 7) is 28.5. The molecule has 116 heavy (non-hydrogen) atoms. The van der Waals surface area contributed by atoms with E-state index in [0.29, 0.717) is 75.9 Å². The number of nitrogens with zero attached hydrogens (tertiary/aromatic N) is 5. The van der Waals surface area contributed by atoms with Crippen molar-refractivity contribution in [3.63, 3.8) is 0 Å². The molecule has 0 bridgehead atoms. The lowest BCUT2D eigenvalue weighted by Crippen LogP contribution is -2.29. The van der Waals surface area contributed by atoms with Gasteiger partial charge in [0.2, 0.25) is 0 Å². The number of amides is 2. The molecule has 9 aromatic carbocycles. The van der Waals surface area contributed by atoms with Crippen LogP contribution in [0, 0.1) is 20.8 Å². The highest BCUT2D eigenvalue weighted by atomic mass is 35.5. The van der Waals surface area contributed by atoms with Crippen molar-refractivity contribution in [1.29, 1.82) is 0 Å². The number of hydrogen-bond acceptors (Lipinski definition) is 14. The molecule has 2 N–H and O–H groups in total. The van der Waals surface area contributed by atoms with Gasteiger partial charge in [-0.05, 0) is 274 Å². The van der Waals surface area contributed by atoms with Crippen molar-refractivity contribution in [1.82, 2.24) is 15.0 Å². The monoisotopic (exact) mass is 1620 g/mol. The third kappa shape index (κ3) is 22.7. The summed E-state index contributed by atoms with van der Waals surface area (Å²) >= 11 is 18.5. The zero-order chi connectivity index (χ0) is 84.7. The van der Waals surface area contributed by atoms with Crippen molar-refractivity contribution in [3.8, 4) is 33.4 Å². The van der Waals surface area contributed by atoms with Gasteiger partial charge in [0.1, 0.15) is 17.1 Å². The zero-order valence-corrected chi connectivity index (χ0v) is 70.7. The molecule has 12 aromatic rings. The standard InChI is InChI=1S/C32H33ClN2O4.C30H29ClN2O4.C25H26ClNO5.C8H10/c1-7-38-31(37)29(39-32(3,4)5)27-20(2)19-26-24(28(27)21-13-15-22(33)16-14-21)17-18-25(34-26)30(36)35(6)23-11-9-8-10-12-23;1-18-17-24-22(15-16-23(32-24)28(34)33(5)21-9-7-6-8-10-21)26(19-11-13-20(31)14-12-19)25(18)27(29(35)36)37-30(2,3)4;1-6-31-24(30)22(32-25(3,4)5)20-14(2)13-19-17(11-12-18(27-19)23(28)29)21(20)15-7-9-16(26)10-8-15;1-2-8-6-4-3-5-7-8/h8-19,29H,7H2,1-6H3;6-17,27H,1-5H3,(H,35,36);7-13,22H,6H2,1-5H3,(H,28,29);3-7H,2H2,1H3/t29-;27-;22-;/m000./s1. The average Bonchev–Trinajstić information content (AvgIpc) is 0.761. The lowest BCUT2D eigenvalue weighted by molar-refractivity contribution is -0.167. The molecule has 0 aliphatic rings. The van der Waals surface area contributed by atoms with Crippen LogP contribution in [0.5, 0.6) is 0 Å². The highest BCUT2D eigenvalue weighted by Gasteiger charge is 2.37. The summed E-state index contributed by atoms with van der Waals surface area (Å²) in [6.07, 6.45) is -2.02. The van der Waals surface area contributed by atoms with Gasteiger partial charge in [-0.1, -0.05) is 145 Å². The topological polar surface area (TPSA) is 234 Å². The van der Waals surface area contributed by atoms with Crippen LogP contribution < -0.4 is 9.80 Å². The number of aryl methyl sites for hydroxylation is 4. The van der Waals surface area contributed by atoms with Gasteiger partial charge in [0.15, 0.2) is 18.3 Å². The third-order valence-electron chi connectivity index (χ3n) is 18.4. The highest BCUT2D eigenvalue weighted by Crippen LogP contribution is 2.45. The number of ether oxygens (including phenoxy) is 5. The second-order valence-electron chi connectivity index (χ2n) is 30.5.